The molecular weight excluding hydrogens is 242 g/mol. The maximum atomic E-state index is 5.65. The predicted molar refractivity (Wildman–Crippen MR) is 79.7 cm³/mol. The lowest BCUT2D eigenvalue weighted by Crippen LogP contribution is -1.95. The SMILES string of the molecule is CCCCOc1ccc(-c2ccc(NC)s2)cc1. The number of benzene rings is 1. The molecule has 0 saturated carbocycles. The van der Waals surface area contributed by atoms with E-state index in [1.807, 2.05) is 19.2 Å². The van der Waals surface area contributed by atoms with Crippen molar-refractivity contribution in [3.8, 4) is 16.2 Å². The first-order valence-corrected chi connectivity index (χ1v) is 7.16. The zero-order valence-electron chi connectivity index (χ0n) is 10.9. The van der Waals surface area contributed by atoms with Crippen molar-refractivity contribution < 1.29 is 4.74 Å². The second kappa shape index (κ2) is 6.45. The van der Waals surface area contributed by atoms with Crippen LogP contribution in [0.15, 0.2) is 36.4 Å². The van der Waals surface area contributed by atoms with Crippen LogP contribution < -0.4 is 10.1 Å². The fourth-order valence-corrected chi connectivity index (χ4v) is 2.54. The molecule has 2 aromatic rings. The van der Waals surface area contributed by atoms with Crippen LogP contribution in [0, 0.1) is 0 Å². The van der Waals surface area contributed by atoms with Gasteiger partial charge in [-0.1, -0.05) is 13.3 Å². The van der Waals surface area contributed by atoms with E-state index in [1.54, 1.807) is 11.3 Å². The van der Waals surface area contributed by atoms with Crippen molar-refractivity contribution in [2.24, 2.45) is 0 Å². The monoisotopic (exact) mass is 261 g/mol. The van der Waals surface area contributed by atoms with Crippen LogP contribution in [0.2, 0.25) is 0 Å². The lowest BCUT2D eigenvalue weighted by molar-refractivity contribution is 0.309. The van der Waals surface area contributed by atoms with Crippen LogP contribution in [0.5, 0.6) is 5.75 Å². The topological polar surface area (TPSA) is 21.3 Å². The highest BCUT2D eigenvalue weighted by atomic mass is 32.1. The van der Waals surface area contributed by atoms with Gasteiger partial charge < -0.3 is 10.1 Å². The minimum atomic E-state index is 0.804. The van der Waals surface area contributed by atoms with Crippen molar-refractivity contribution >= 4 is 16.3 Å². The molecule has 0 radical (unpaired) electrons. The zero-order valence-corrected chi connectivity index (χ0v) is 11.7. The number of hydrogen-bond donors (Lipinski definition) is 1. The van der Waals surface area contributed by atoms with Crippen LogP contribution in [-0.4, -0.2) is 13.7 Å². The summed E-state index contributed by atoms with van der Waals surface area (Å²) < 4.78 is 5.65. The number of nitrogens with one attached hydrogen (secondary N) is 1. The molecule has 96 valence electrons. The number of hydrogen-bond acceptors (Lipinski definition) is 3. The molecule has 0 unspecified atom stereocenters. The summed E-state index contributed by atoms with van der Waals surface area (Å²) >= 11 is 1.76. The van der Waals surface area contributed by atoms with Crippen molar-refractivity contribution in [3.05, 3.63) is 36.4 Å². The van der Waals surface area contributed by atoms with Gasteiger partial charge in [-0.2, -0.15) is 0 Å². The van der Waals surface area contributed by atoms with Gasteiger partial charge in [0.1, 0.15) is 5.75 Å². The lowest BCUT2D eigenvalue weighted by atomic mass is 10.2. The molecule has 0 aliphatic heterocycles. The molecule has 1 aromatic heterocycles. The average Bonchev–Trinajstić information content (AvgIpc) is 2.89. The number of anilines is 1. The maximum absolute atomic E-state index is 5.65. The van der Waals surface area contributed by atoms with E-state index in [0.717, 1.165) is 18.8 Å². The summed E-state index contributed by atoms with van der Waals surface area (Å²) in [5, 5.41) is 4.34. The Morgan fingerprint density at radius 3 is 2.50 bits per heavy atom. The predicted octanol–water partition coefficient (Wildman–Crippen LogP) is 4.64. The summed E-state index contributed by atoms with van der Waals surface area (Å²) in [6, 6.07) is 12.6. The second-order valence-electron chi connectivity index (χ2n) is 4.14. The van der Waals surface area contributed by atoms with Gasteiger partial charge >= 0.3 is 0 Å². The van der Waals surface area contributed by atoms with E-state index in [4.69, 9.17) is 4.74 Å². The number of thiophene rings is 1. The molecule has 0 bridgehead atoms. The first-order chi connectivity index (χ1) is 8.83. The molecule has 0 aliphatic rings. The van der Waals surface area contributed by atoms with E-state index in [0.29, 0.717) is 0 Å². The molecular formula is C15H19NOS. The lowest BCUT2D eigenvalue weighted by Gasteiger charge is -2.05. The molecule has 0 aliphatic carbocycles. The third-order valence-electron chi connectivity index (χ3n) is 2.76. The standard InChI is InChI=1S/C15H19NOS/c1-3-4-11-17-13-7-5-12(6-8-13)14-9-10-15(16-2)18-14/h5-10,16H,3-4,11H2,1-2H3. The van der Waals surface area contributed by atoms with Gasteiger partial charge in [-0.15, -0.1) is 11.3 Å². The maximum Gasteiger partial charge on any atom is 0.119 e. The summed E-state index contributed by atoms with van der Waals surface area (Å²) in [6.07, 6.45) is 2.28. The van der Waals surface area contributed by atoms with Gasteiger partial charge in [-0.3, -0.25) is 0 Å². The second-order valence-corrected chi connectivity index (χ2v) is 5.22. The average molecular weight is 261 g/mol. The highest BCUT2D eigenvalue weighted by Gasteiger charge is 2.02. The first kappa shape index (κ1) is 13.0. The first-order valence-electron chi connectivity index (χ1n) is 6.34. The van der Waals surface area contributed by atoms with Crippen LogP contribution >= 0.6 is 11.3 Å². The fourth-order valence-electron chi connectivity index (χ4n) is 1.68. The van der Waals surface area contributed by atoms with E-state index in [9.17, 15) is 0 Å². The molecule has 1 heterocycles. The van der Waals surface area contributed by atoms with Crippen LogP contribution in [0.1, 0.15) is 19.8 Å². The van der Waals surface area contributed by atoms with Crippen molar-refractivity contribution in [3.63, 3.8) is 0 Å². The van der Waals surface area contributed by atoms with Gasteiger partial charge in [0.15, 0.2) is 0 Å². The number of rotatable bonds is 6. The molecule has 2 nitrogen and oxygen atoms in total. The molecule has 18 heavy (non-hydrogen) atoms. The van der Waals surface area contributed by atoms with Crippen LogP contribution in [0.25, 0.3) is 10.4 Å². The van der Waals surface area contributed by atoms with Crippen LogP contribution in [0.4, 0.5) is 5.00 Å². The molecule has 2 rings (SSSR count). The third-order valence-corrected chi connectivity index (χ3v) is 3.91. The van der Waals surface area contributed by atoms with Gasteiger partial charge in [0.2, 0.25) is 0 Å². The Morgan fingerprint density at radius 1 is 1.11 bits per heavy atom. The van der Waals surface area contributed by atoms with E-state index in [2.05, 4.69) is 36.5 Å². The Bertz CT molecular complexity index is 475. The Kier molecular flexibility index (Phi) is 4.65. The Labute approximate surface area is 113 Å². The molecule has 1 aromatic carbocycles. The summed E-state index contributed by atoms with van der Waals surface area (Å²) in [5.74, 6) is 0.956. The smallest absolute Gasteiger partial charge is 0.119 e. The van der Waals surface area contributed by atoms with E-state index >= 15 is 0 Å². The molecule has 0 fully saturated rings. The number of unbranched alkanes of at least 4 members (excludes halogenated alkanes) is 1. The van der Waals surface area contributed by atoms with Crippen molar-refractivity contribution in [2.45, 2.75) is 19.8 Å². The summed E-state index contributed by atoms with van der Waals surface area (Å²) in [7, 11) is 1.94. The largest absolute Gasteiger partial charge is 0.494 e. The highest BCUT2D eigenvalue weighted by molar-refractivity contribution is 7.19. The number of ether oxygens (including phenoxy) is 1. The highest BCUT2D eigenvalue weighted by Crippen LogP contribution is 2.31. The molecule has 0 spiro atoms. The Balaban J connectivity index is 2.02. The Hall–Kier alpha value is -1.48. The van der Waals surface area contributed by atoms with Gasteiger partial charge in [-0.25, -0.2) is 0 Å². The van der Waals surface area contributed by atoms with Gasteiger partial charge in [0.25, 0.3) is 0 Å². The van der Waals surface area contributed by atoms with E-state index < -0.39 is 0 Å². The molecule has 1 N–H and O–H groups in total. The van der Waals surface area contributed by atoms with Gasteiger partial charge in [-0.05, 0) is 48.4 Å². The van der Waals surface area contributed by atoms with Crippen molar-refractivity contribution in [2.75, 3.05) is 19.0 Å². The Morgan fingerprint density at radius 2 is 1.89 bits per heavy atom. The van der Waals surface area contributed by atoms with Crippen molar-refractivity contribution in [1.29, 1.82) is 0 Å². The minimum Gasteiger partial charge on any atom is -0.494 e. The zero-order chi connectivity index (χ0) is 12.8. The van der Waals surface area contributed by atoms with E-state index in [-0.39, 0.29) is 0 Å². The van der Waals surface area contributed by atoms with Crippen LogP contribution in [0.3, 0.4) is 0 Å². The molecule has 0 saturated heterocycles. The molecule has 0 amide bonds. The third kappa shape index (κ3) is 3.26. The summed E-state index contributed by atoms with van der Waals surface area (Å²) in [6.45, 7) is 2.97. The van der Waals surface area contributed by atoms with Gasteiger partial charge in [0, 0.05) is 11.9 Å². The molecule has 3 heteroatoms. The van der Waals surface area contributed by atoms with E-state index in [1.165, 1.54) is 21.9 Å². The summed E-state index contributed by atoms with van der Waals surface area (Å²) in [5.41, 5.74) is 1.24. The van der Waals surface area contributed by atoms with Crippen molar-refractivity contribution in [1.82, 2.24) is 0 Å². The van der Waals surface area contributed by atoms with Gasteiger partial charge in [0.05, 0.1) is 11.6 Å². The summed E-state index contributed by atoms with van der Waals surface area (Å²) in [4.78, 5) is 1.28. The normalized spacial score (nSPS) is 10.3. The quantitative estimate of drug-likeness (QED) is 0.765. The van der Waals surface area contributed by atoms with Crippen LogP contribution in [-0.2, 0) is 0 Å². The minimum absolute atomic E-state index is 0.804. The fraction of sp³-hybridized carbons (Fsp3) is 0.333. The molecule has 0 atom stereocenters.